The van der Waals surface area contributed by atoms with E-state index in [0.717, 1.165) is 16.2 Å². The van der Waals surface area contributed by atoms with Crippen LogP contribution >= 0.6 is 0 Å². The summed E-state index contributed by atoms with van der Waals surface area (Å²) in [7, 11) is 0. The molecular formula is C24H22F3N5O2. The second-order valence-electron chi connectivity index (χ2n) is 8.10. The first-order valence-electron chi connectivity index (χ1n) is 10.5. The minimum absolute atomic E-state index is 0.0919. The summed E-state index contributed by atoms with van der Waals surface area (Å²) in [4.78, 5) is 29.3. The number of aryl methyl sites for hydroxylation is 3. The van der Waals surface area contributed by atoms with Crippen molar-refractivity contribution in [3.05, 3.63) is 87.2 Å². The quantitative estimate of drug-likeness (QED) is 0.482. The van der Waals surface area contributed by atoms with Crippen LogP contribution in [0.15, 0.2) is 53.6 Å². The molecule has 0 aliphatic heterocycles. The Labute approximate surface area is 192 Å². The number of halogens is 3. The topological polar surface area (TPSA) is 81.8 Å². The van der Waals surface area contributed by atoms with E-state index in [2.05, 4.69) is 15.4 Å². The second kappa shape index (κ2) is 8.77. The van der Waals surface area contributed by atoms with E-state index in [4.69, 9.17) is 0 Å². The molecule has 0 aliphatic carbocycles. The summed E-state index contributed by atoms with van der Waals surface area (Å²) < 4.78 is 43.8. The van der Waals surface area contributed by atoms with E-state index < -0.39 is 23.2 Å². The predicted octanol–water partition coefficient (Wildman–Crippen LogP) is 3.84. The van der Waals surface area contributed by atoms with Crippen molar-refractivity contribution in [2.75, 3.05) is 0 Å². The predicted molar refractivity (Wildman–Crippen MR) is 121 cm³/mol. The third-order valence-electron chi connectivity index (χ3n) is 5.50. The summed E-state index contributed by atoms with van der Waals surface area (Å²) in [6.07, 6.45) is -3.36. The summed E-state index contributed by atoms with van der Waals surface area (Å²) in [6.45, 7) is 4.63. The number of nitrogens with zero attached hydrogens (tertiary/aromatic N) is 4. The summed E-state index contributed by atoms with van der Waals surface area (Å²) in [5, 5.41) is 7.07. The Kier molecular flexibility index (Phi) is 5.99. The highest BCUT2D eigenvalue weighted by Gasteiger charge is 2.34. The fourth-order valence-corrected chi connectivity index (χ4v) is 3.86. The molecule has 7 nitrogen and oxygen atoms in total. The van der Waals surface area contributed by atoms with Crippen LogP contribution in [0.5, 0.6) is 0 Å². The molecule has 2 heterocycles. The van der Waals surface area contributed by atoms with Gasteiger partial charge in [0.05, 0.1) is 34.2 Å². The number of hydrogen-bond donors (Lipinski definition) is 1. The van der Waals surface area contributed by atoms with Crippen LogP contribution < -0.4 is 10.9 Å². The average molecular weight is 469 g/mol. The number of hydrogen-bond acceptors (Lipinski definition) is 4. The summed E-state index contributed by atoms with van der Waals surface area (Å²) >= 11 is 0. The van der Waals surface area contributed by atoms with Crippen molar-refractivity contribution in [2.45, 2.75) is 40.0 Å². The van der Waals surface area contributed by atoms with Crippen LogP contribution in [-0.4, -0.2) is 25.2 Å². The first-order chi connectivity index (χ1) is 16.0. The van der Waals surface area contributed by atoms with Crippen LogP contribution in [0.2, 0.25) is 0 Å². The maximum absolute atomic E-state index is 13.8. The maximum atomic E-state index is 13.8. The van der Waals surface area contributed by atoms with Gasteiger partial charge in [-0.05, 0) is 56.2 Å². The Hall–Kier alpha value is -3.95. The molecule has 10 heteroatoms. The van der Waals surface area contributed by atoms with Crippen molar-refractivity contribution in [3.63, 3.8) is 0 Å². The maximum Gasteiger partial charge on any atom is 0.416 e. The lowest BCUT2D eigenvalue weighted by atomic mass is 10.1. The number of carbonyl (C=O) groups is 1. The largest absolute Gasteiger partial charge is 0.416 e. The van der Waals surface area contributed by atoms with E-state index in [0.29, 0.717) is 22.3 Å². The number of nitrogens with one attached hydrogen (secondary N) is 1. The molecule has 0 bridgehead atoms. The molecule has 0 spiro atoms. The van der Waals surface area contributed by atoms with Gasteiger partial charge in [0.25, 0.3) is 5.56 Å². The molecule has 2 aromatic carbocycles. The van der Waals surface area contributed by atoms with Crippen molar-refractivity contribution in [3.8, 4) is 5.69 Å². The smallest absolute Gasteiger partial charge is 0.350 e. The van der Waals surface area contributed by atoms with Crippen LogP contribution in [0.3, 0.4) is 0 Å². The lowest BCUT2D eigenvalue weighted by molar-refractivity contribution is -0.138. The number of alkyl halides is 3. The molecule has 0 fully saturated rings. The molecule has 1 amide bonds. The number of aromatic nitrogens is 4. The fourth-order valence-electron chi connectivity index (χ4n) is 3.86. The Morgan fingerprint density at radius 3 is 2.53 bits per heavy atom. The van der Waals surface area contributed by atoms with Gasteiger partial charge in [0, 0.05) is 12.2 Å². The van der Waals surface area contributed by atoms with E-state index in [-0.39, 0.29) is 24.3 Å². The molecule has 176 valence electrons. The van der Waals surface area contributed by atoms with Gasteiger partial charge in [0.15, 0.2) is 0 Å². The van der Waals surface area contributed by atoms with Gasteiger partial charge in [-0.25, -0.2) is 9.67 Å². The van der Waals surface area contributed by atoms with Crippen molar-refractivity contribution in [2.24, 2.45) is 0 Å². The number of amides is 1. The first-order valence-corrected chi connectivity index (χ1v) is 10.5. The minimum Gasteiger partial charge on any atom is -0.350 e. The molecule has 0 aliphatic rings. The zero-order chi connectivity index (χ0) is 24.6. The third kappa shape index (κ3) is 4.57. The van der Waals surface area contributed by atoms with Gasteiger partial charge < -0.3 is 5.32 Å². The van der Waals surface area contributed by atoms with Crippen LogP contribution in [0.25, 0.3) is 16.6 Å². The van der Waals surface area contributed by atoms with Crippen LogP contribution in [0, 0.1) is 20.8 Å². The van der Waals surface area contributed by atoms with Gasteiger partial charge in [-0.1, -0.05) is 18.2 Å². The van der Waals surface area contributed by atoms with Crippen LogP contribution in [-0.2, 0) is 24.1 Å². The van der Waals surface area contributed by atoms with Crippen LogP contribution in [0.1, 0.15) is 28.1 Å². The van der Waals surface area contributed by atoms with Crippen molar-refractivity contribution in [1.29, 1.82) is 0 Å². The molecule has 1 N–H and O–H groups in total. The number of benzene rings is 2. The lowest BCUT2D eigenvalue weighted by Crippen LogP contribution is -2.32. The number of para-hydroxylation sites is 1. The van der Waals surface area contributed by atoms with E-state index >= 15 is 0 Å². The SMILES string of the molecule is Cc1cc(C)n(-c2ccc(CNC(=O)Cn3cnc4c(C)cccc4c3=O)c(C(F)(F)F)c2)n1. The Bertz CT molecular complexity index is 1450. The van der Waals surface area contributed by atoms with Gasteiger partial charge >= 0.3 is 6.18 Å². The fraction of sp³-hybridized carbons (Fsp3) is 0.250. The Morgan fingerprint density at radius 2 is 1.85 bits per heavy atom. The highest BCUT2D eigenvalue weighted by Crippen LogP contribution is 2.33. The summed E-state index contributed by atoms with van der Waals surface area (Å²) in [5.74, 6) is -0.605. The first kappa shape index (κ1) is 23.2. The Balaban J connectivity index is 1.54. The van der Waals surface area contributed by atoms with Crippen molar-refractivity contribution >= 4 is 16.8 Å². The molecule has 0 saturated heterocycles. The lowest BCUT2D eigenvalue weighted by Gasteiger charge is -2.16. The average Bonchev–Trinajstić information content (AvgIpc) is 3.12. The van der Waals surface area contributed by atoms with Gasteiger partial charge in [0.1, 0.15) is 6.54 Å². The Morgan fingerprint density at radius 1 is 1.09 bits per heavy atom. The molecular weight excluding hydrogens is 447 g/mol. The summed E-state index contributed by atoms with van der Waals surface area (Å²) in [6, 6.07) is 10.8. The highest BCUT2D eigenvalue weighted by molar-refractivity contribution is 5.81. The van der Waals surface area contributed by atoms with Gasteiger partial charge in [-0.3, -0.25) is 14.2 Å². The minimum atomic E-state index is -4.62. The van der Waals surface area contributed by atoms with E-state index in [1.165, 1.54) is 23.1 Å². The molecule has 34 heavy (non-hydrogen) atoms. The summed E-state index contributed by atoms with van der Waals surface area (Å²) in [5.41, 5.74) is 1.69. The highest BCUT2D eigenvalue weighted by atomic mass is 19.4. The van der Waals surface area contributed by atoms with E-state index in [1.807, 2.05) is 13.0 Å². The second-order valence-corrected chi connectivity index (χ2v) is 8.10. The zero-order valence-corrected chi connectivity index (χ0v) is 18.8. The molecule has 0 radical (unpaired) electrons. The number of carbonyl (C=O) groups excluding carboxylic acids is 1. The zero-order valence-electron chi connectivity index (χ0n) is 18.8. The van der Waals surface area contributed by atoms with Gasteiger partial charge in [0.2, 0.25) is 5.91 Å². The molecule has 4 rings (SSSR count). The molecule has 4 aromatic rings. The van der Waals surface area contributed by atoms with E-state index in [9.17, 15) is 22.8 Å². The van der Waals surface area contributed by atoms with Gasteiger partial charge in [-0.15, -0.1) is 0 Å². The van der Waals surface area contributed by atoms with Crippen molar-refractivity contribution < 1.29 is 18.0 Å². The monoisotopic (exact) mass is 469 g/mol. The molecule has 0 atom stereocenters. The standard InChI is InChI=1S/C24H22F3N5O2/c1-14-5-4-6-19-22(14)29-13-31(23(19)34)12-21(33)28-11-17-7-8-18(10-20(17)24(25,26)27)32-16(3)9-15(2)30-32/h4-10,13H,11-12H2,1-3H3,(H,28,33). The number of fused-ring (bicyclic) bond motifs is 1. The molecule has 0 unspecified atom stereocenters. The molecule has 0 saturated carbocycles. The van der Waals surface area contributed by atoms with Gasteiger partial charge in [-0.2, -0.15) is 18.3 Å². The van der Waals surface area contributed by atoms with Crippen molar-refractivity contribution in [1.82, 2.24) is 24.6 Å². The third-order valence-corrected chi connectivity index (χ3v) is 5.50. The normalized spacial score (nSPS) is 11.7. The molecule has 2 aromatic heterocycles. The van der Waals surface area contributed by atoms with Crippen LogP contribution in [0.4, 0.5) is 13.2 Å². The number of rotatable bonds is 5. The van der Waals surface area contributed by atoms with E-state index in [1.54, 1.807) is 32.0 Å².